The summed E-state index contributed by atoms with van der Waals surface area (Å²) in [6, 6.07) is -4.54. The van der Waals surface area contributed by atoms with E-state index < -0.39 is 60.2 Å². The molecule has 2 aromatic heterocycles. The molecule has 4 unspecified atom stereocenters. The molecule has 0 aromatic carbocycles. The molecule has 36 heavy (non-hydrogen) atoms. The van der Waals surface area contributed by atoms with E-state index >= 15 is 0 Å². The number of hydrogen-bond acceptors (Lipinski definition) is 8. The van der Waals surface area contributed by atoms with Crippen LogP contribution in [-0.2, 0) is 36.8 Å². The van der Waals surface area contributed by atoms with Crippen molar-refractivity contribution in [3.8, 4) is 0 Å². The number of nitrogens with two attached hydrogens (primary N) is 2. The molecule has 3 heterocycles. The number of carboxylic acid groups (broad SMARTS) is 1. The molecule has 15 heteroatoms. The number of hydrogen-bond donors (Lipinski definition) is 7. The highest BCUT2D eigenvalue weighted by Gasteiger charge is 2.38. The number of carboxylic acids is 1. The van der Waals surface area contributed by atoms with Crippen LogP contribution in [-0.4, -0.2) is 90.3 Å². The van der Waals surface area contributed by atoms with E-state index in [-0.39, 0.29) is 12.8 Å². The van der Waals surface area contributed by atoms with Crippen LogP contribution in [0.25, 0.3) is 0 Å². The van der Waals surface area contributed by atoms with Gasteiger partial charge in [-0.1, -0.05) is 0 Å². The number of carbonyl (C=O) groups excluding carboxylic acids is 4. The third-order valence-electron chi connectivity index (χ3n) is 5.78. The lowest BCUT2D eigenvalue weighted by molar-refractivity contribution is -0.144. The van der Waals surface area contributed by atoms with Gasteiger partial charge in [-0.25, -0.2) is 14.8 Å². The highest BCUT2D eigenvalue weighted by atomic mass is 16.4. The van der Waals surface area contributed by atoms with Gasteiger partial charge in [0.15, 0.2) is 0 Å². The number of rotatable bonds is 12. The SMILES string of the molecule is NC(=O)CC(NC(=O)C(Cc1cnc[nH]1)NC(=O)C1CCCN1C(=O)C(N)Cc1cnc[nH]1)C(=O)O. The fraction of sp³-hybridized carbons (Fsp3) is 0.476. The van der Waals surface area contributed by atoms with Crippen molar-refractivity contribution in [2.75, 3.05) is 6.54 Å². The van der Waals surface area contributed by atoms with Crippen LogP contribution in [0.4, 0.5) is 0 Å². The summed E-state index contributed by atoms with van der Waals surface area (Å²) >= 11 is 0. The highest BCUT2D eigenvalue weighted by molar-refractivity contribution is 5.95. The van der Waals surface area contributed by atoms with Gasteiger partial charge in [-0.3, -0.25) is 19.2 Å². The van der Waals surface area contributed by atoms with Gasteiger partial charge >= 0.3 is 5.97 Å². The summed E-state index contributed by atoms with van der Waals surface area (Å²) in [7, 11) is 0. The average Bonchev–Trinajstić information content (AvgIpc) is 3.59. The first-order valence-corrected chi connectivity index (χ1v) is 11.3. The predicted octanol–water partition coefficient (Wildman–Crippen LogP) is -2.83. The van der Waals surface area contributed by atoms with Crippen molar-refractivity contribution in [3.05, 3.63) is 36.4 Å². The Hall–Kier alpha value is -4.27. The first-order chi connectivity index (χ1) is 17.2. The molecular formula is C21H29N9O6. The molecule has 194 valence electrons. The van der Waals surface area contributed by atoms with Gasteiger partial charge in [0.1, 0.15) is 18.1 Å². The molecule has 0 bridgehead atoms. The van der Waals surface area contributed by atoms with E-state index in [1.807, 2.05) is 0 Å². The van der Waals surface area contributed by atoms with Crippen molar-refractivity contribution in [2.24, 2.45) is 11.5 Å². The summed E-state index contributed by atoms with van der Waals surface area (Å²) in [5.41, 5.74) is 12.3. The molecule has 0 aliphatic carbocycles. The van der Waals surface area contributed by atoms with E-state index in [4.69, 9.17) is 11.5 Å². The molecule has 1 fully saturated rings. The standard InChI is InChI=1S/C21H29N9O6/c22-13(4-11-7-24-9-26-11)20(34)30-3-1-2-16(30)19(33)28-14(5-12-8-25-10-27-12)18(32)29-15(21(35)36)6-17(23)31/h7-10,13-16H,1-6,22H2,(H2,23,31)(H,24,26)(H,25,27)(H,28,33)(H,29,32)(H,35,36). The van der Waals surface area contributed by atoms with Gasteiger partial charge in [0.25, 0.3) is 0 Å². The van der Waals surface area contributed by atoms with Crippen LogP contribution in [0.15, 0.2) is 25.0 Å². The predicted molar refractivity (Wildman–Crippen MR) is 123 cm³/mol. The fourth-order valence-electron chi connectivity index (χ4n) is 4.00. The van der Waals surface area contributed by atoms with E-state index in [0.29, 0.717) is 30.8 Å². The van der Waals surface area contributed by atoms with Gasteiger partial charge in [-0.15, -0.1) is 0 Å². The summed E-state index contributed by atoms with van der Waals surface area (Å²) < 4.78 is 0. The third-order valence-corrected chi connectivity index (χ3v) is 5.78. The zero-order valence-corrected chi connectivity index (χ0v) is 19.3. The van der Waals surface area contributed by atoms with Gasteiger partial charge in [-0.2, -0.15) is 0 Å². The maximum Gasteiger partial charge on any atom is 0.326 e. The quantitative estimate of drug-likeness (QED) is 0.157. The van der Waals surface area contributed by atoms with E-state index in [2.05, 4.69) is 30.6 Å². The Morgan fingerprint density at radius 2 is 1.69 bits per heavy atom. The third kappa shape index (κ3) is 6.88. The molecule has 1 aliphatic heterocycles. The minimum absolute atomic E-state index is 0.0412. The Labute approximate surface area is 205 Å². The fourth-order valence-corrected chi connectivity index (χ4v) is 4.00. The number of aromatic amines is 2. The monoisotopic (exact) mass is 503 g/mol. The molecule has 0 saturated carbocycles. The van der Waals surface area contributed by atoms with Crippen LogP contribution in [0.5, 0.6) is 0 Å². The highest BCUT2D eigenvalue weighted by Crippen LogP contribution is 2.19. The number of primary amides is 1. The van der Waals surface area contributed by atoms with Crippen LogP contribution in [0, 0.1) is 0 Å². The second kappa shape index (κ2) is 11.9. The molecule has 1 aliphatic rings. The van der Waals surface area contributed by atoms with Gasteiger partial charge in [0.2, 0.25) is 23.6 Å². The number of carbonyl (C=O) groups is 5. The Kier molecular flexibility index (Phi) is 8.72. The number of aliphatic carboxylic acids is 1. The van der Waals surface area contributed by atoms with Crippen molar-refractivity contribution in [3.63, 3.8) is 0 Å². The molecule has 3 rings (SSSR count). The number of likely N-dealkylation sites (tertiary alicyclic amines) is 1. The number of amides is 4. The number of nitrogens with zero attached hydrogens (tertiary/aromatic N) is 3. The van der Waals surface area contributed by atoms with Crippen LogP contribution < -0.4 is 22.1 Å². The maximum atomic E-state index is 13.2. The molecule has 9 N–H and O–H groups in total. The average molecular weight is 504 g/mol. The van der Waals surface area contributed by atoms with E-state index in [0.717, 1.165) is 0 Å². The second-order valence-electron chi connectivity index (χ2n) is 8.49. The smallest absolute Gasteiger partial charge is 0.326 e. The van der Waals surface area contributed by atoms with E-state index in [1.54, 1.807) is 6.20 Å². The number of H-pyrrole nitrogens is 2. The van der Waals surface area contributed by atoms with Crippen LogP contribution >= 0.6 is 0 Å². The molecule has 0 radical (unpaired) electrons. The first kappa shape index (κ1) is 26.3. The molecule has 1 saturated heterocycles. The minimum Gasteiger partial charge on any atom is -0.480 e. The second-order valence-corrected chi connectivity index (χ2v) is 8.49. The number of nitrogens with one attached hydrogen (secondary N) is 4. The van der Waals surface area contributed by atoms with E-state index in [1.165, 1.54) is 23.8 Å². The lowest BCUT2D eigenvalue weighted by Crippen LogP contribution is -2.57. The Morgan fingerprint density at radius 3 is 2.25 bits per heavy atom. The first-order valence-electron chi connectivity index (χ1n) is 11.3. The molecule has 2 aromatic rings. The Balaban J connectivity index is 1.70. The van der Waals surface area contributed by atoms with Crippen molar-refractivity contribution in [1.29, 1.82) is 0 Å². The van der Waals surface area contributed by atoms with Gasteiger partial charge in [0, 0.05) is 43.2 Å². The van der Waals surface area contributed by atoms with E-state index in [9.17, 15) is 29.1 Å². The molecule has 15 nitrogen and oxygen atoms in total. The Bertz CT molecular complexity index is 1070. The van der Waals surface area contributed by atoms with Gasteiger partial charge in [0.05, 0.1) is 25.1 Å². The lowest BCUT2D eigenvalue weighted by Gasteiger charge is -2.28. The summed E-state index contributed by atoms with van der Waals surface area (Å²) in [4.78, 5) is 76.6. The normalized spacial score (nSPS) is 17.7. The summed E-state index contributed by atoms with van der Waals surface area (Å²) in [5.74, 6) is -4.20. The summed E-state index contributed by atoms with van der Waals surface area (Å²) in [6.07, 6.45) is 6.35. The largest absolute Gasteiger partial charge is 0.480 e. The summed E-state index contributed by atoms with van der Waals surface area (Å²) in [5, 5.41) is 14.2. The van der Waals surface area contributed by atoms with Crippen LogP contribution in [0.3, 0.4) is 0 Å². The molecule has 4 atom stereocenters. The molecule has 4 amide bonds. The zero-order valence-electron chi connectivity index (χ0n) is 19.3. The maximum absolute atomic E-state index is 13.2. The lowest BCUT2D eigenvalue weighted by atomic mass is 10.1. The van der Waals surface area contributed by atoms with Crippen molar-refractivity contribution < 1.29 is 29.1 Å². The molecular weight excluding hydrogens is 474 g/mol. The molecule has 0 spiro atoms. The topological polar surface area (TPSA) is 242 Å². The van der Waals surface area contributed by atoms with Crippen molar-refractivity contribution in [1.82, 2.24) is 35.5 Å². The minimum atomic E-state index is -1.57. The van der Waals surface area contributed by atoms with Gasteiger partial charge in [-0.05, 0) is 12.8 Å². The number of aromatic nitrogens is 4. The summed E-state index contributed by atoms with van der Waals surface area (Å²) in [6.45, 7) is 0.324. The van der Waals surface area contributed by atoms with Crippen molar-refractivity contribution in [2.45, 2.75) is 56.3 Å². The zero-order chi connectivity index (χ0) is 26.2. The van der Waals surface area contributed by atoms with Crippen molar-refractivity contribution >= 4 is 29.6 Å². The Morgan fingerprint density at radius 1 is 1.06 bits per heavy atom. The van der Waals surface area contributed by atoms with Gasteiger partial charge < -0.3 is 42.1 Å². The number of imidazole rings is 2. The van der Waals surface area contributed by atoms with Crippen LogP contribution in [0.1, 0.15) is 30.7 Å². The van der Waals surface area contributed by atoms with Crippen LogP contribution in [0.2, 0.25) is 0 Å².